The predicted octanol–water partition coefficient (Wildman–Crippen LogP) is 2.90. The van der Waals surface area contributed by atoms with Crippen LogP contribution in [0.4, 0.5) is 5.69 Å². The number of hydrogen-bond donors (Lipinski definition) is 1. The maximum atomic E-state index is 12.6. The zero-order valence-corrected chi connectivity index (χ0v) is 12.7. The van der Waals surface area contributed by atoms with Gasteiger partial charge in [-0.15, -0.1) is 0 Å². The quantitative estimate of drug-likeness (QED) is 0.802. The summed E-state index contributed by atoms with van der Waals surface area (Å²) in [7, 11) is 3.02. The standard InChI is InChI=1S/C17H15N3O3/c1-22-14-4-3-5-15(23-2)16(14)17(21)20-11-6-7-12-13(10-11)19-9-8-18-12/h3-10H,1-2H3,(H,20,21). The van der Waals surface area contributed by atoms with E-state index < -0.39 is 0 Å². The third-order valence-electron chi connectivity index (χ3n) is 3.38. The molecule has 0 spiro atoms. The minimum atomic E-state index is -0.317. The van der Waals surface area contributed by atoms with E-state index in [9.17, 15) is 4.79 Å². The summed E-state index contributed by atoms with van der Waals surface area (Å²) in [6.07, 6.45) is 3.23. The first-order valence-electron chi connectivity index (χ1n) is 6.96. The van der Waals surface area contributed by atoms with Crippen LogP contribution in [-0.4, -0.2) is 30.1 Å². The molecule has 0 aliphatic carbocycles. The van der Waals surface area contributed by atoms with Gasteiger partial charge in [0.1, 0.15) is 17.1 Å². The van der Waals surface area contributed by atoms with Gasteiger partial charge in [0.25, 0.3) is 5.91 Å². The van der Waals surface area contributed by atoms with Crippen LogP contribution in [0.25, 0.3) is 11.0 Å². The number of rotatable bonds is 4. The monoisotopic (exact) mass is 309 g/mol. The highest BCUT2D eigenvalue weighted by molar-refractivity contribution is 6.08. The number of fused-ring (bicyclic) bond motifs is 1. The van der Waals surface area contributed by atoms with Gasteiger partial charge in [0.05, 0.1) is 25.3 Å². The lowest BCUT2D eigenvalue weighted by Crippen LogP contribution is -2.14. The van der Waals surface area contributed by atoms with Crippen LogP contribution in [0.5, 0.6) is 11.5 Å². The van der Waals surface area contributed by atoms with Crippen molar-refractivity contribution >= 4 is 22.6 Å². The molecule has 0 saturated carbocycles. The molecule has 3 rings (SSSR count). The smallest absolute Gasteiger partial charge is 0.263 e. The number of carbonyl (C=O) groups is 1. The van der Waals surface area contributed by atoms with E-state index in [1.165, 1.54) is 14.2 Å². The Morgan fingerprint density at radius 3 is 2.26 bits per heavy atom. The van der Waals surface area contributed by atoms with E-state index in [4.69, 9.17) is 9.47 Å². The topological polar surface area (TPSA) is 73.3 Å². The molecule has 0 aliphatic rings. The number of amides is 1. The Morgan fingerprint density at radius 2 is 1.61 bits per heavy atom. The normalized spacial score (nSPS) is 10.3. The van der Waals surface area contributed by atoms with Crippen molar-refractivity contribution in [2.75, 3.05) is 19.5 Å². The summed E-state index contributed by atoms with van der Waals surface area (Å²) in [5.41, 5.74) is 2.44. The summed E-state index contributed by atoms with van der Waals surface area (Å²) >= 11 is 0. The largest absolute Gasteiger partial charge is 0.496 e. The molecule has 2 aromatic carbocycles. The molecule has 0 saturated heterocycles. The third kappa shape index (κ3) is 2.91. The third-order valence-corrected chi connectivity index (χ3v) is 3.38. The van der Waals surface area contributed by atoms with Crippen LogP contribution in [0.15, 0.2) is 48.8 Å². The molecule has 0 fully saturated rings. The van der Waals surface area contributed by atoms with Gasteiger partial charge in [0, 0.05) is 18.1 Å². The Morgan fingerprint density at radius 1 is 0.957 bits per heavy atom. The van der Waals surface area contributed by atoms with Gasteiger partial charge in [-0.1, -0.05) is 6.07 Å². The number of benzene rings is 2. The fraction of sp³-hybridized carbons (Fsp3) is 0.118. The van der Waals surface area contributed by atoms with Crippen molar-refractivity contribution < 1.29 is 14.3 Å². The van der Waals surface area contributed by atoms with Gasteiger partial charge >= 0.3 is 0 Å². The Labute approximate surface area is 133 Å². The van der Waals surface area contributed by atoms with Crippen LogP contribution in [0, 0.1) is 0 Å². The van der Waals surface area contributed by atoms with E-state index in [1.807, 2.05) is 0 Å². The van der Waals surface area contributed by atoms with Crippen LogP contribution < -0.4 is 14.8 Å². The van der Waals surface area contributed by atoms with Gasteiger partial charge in [-0.05, 0) is 30.3 Å². The summed E-state index contributed by atoms with van der Waals surface area (Å²) in [6.45, 7) is 0. The molecule has 116 valence electrons. The molecular weight excluding hydrogens is 294 g/mol. The van der Waals surface area contributed by atoms with Gasteiger partial charge in [0.2, 0.25) is 0 Å². The second kappa shape index (κ2) is 6.31. The summed E-state index contributed by atoms with van der Waals surface area (Å²) in [5.74, 6) is 0.576. The maximum absolute atomic E-state index is 12.6. The number of hydrogen-bond acceptors (Lipinski definition) is 5. The van der Waals surface area contributed by atoms with Gasteiger partial charge in [-0.25, -0.2) is 0 Å². The average Bonchev–Trinajstić information content (AvgIpc) is 2.60. The number of nitrogens with one attached hydrogen (secondary N) is 1. The molecule has 0 unspecified atom stereocenters. The number of nitrogens with zero attached hydrogens (tertiary/aromatic N) is 2. The number of carbonyl (C=O) groups excluding carboxylic acids is 1. The fourth-order valence-corrected chi connectivity index (χ4v) is 2.31. The van der Waals surface area contributed by atoms with Gasteiger partial charge in [-0.2, -0.15) is 0 Å². The summed E-state index contributed by atoms with van der Waals surface area (Å²) in [6, 6.07) is 10.5. The number of ether oxygens (including phenoxy) is 2. The van der Waals surface area contributed by atoms with Crippen molar-refractivity contribution in [1.29, 1.82) is 0 Å². The second-order valence-electron chi connectivity index (χ2n) is 4.75. The minimum Gasteiger partial charge on any atom is -0.496 e. The van der Waals surface area contributed by atoms with Crippen molar-refractivity contribution in [3.05, 3.63) is 54.4 Å². The van der Waals surface area contributed by atoms with Crippen LogP contribution >= 0.6 is 0 Å². The van der Waals surface area contributed by atoms with Crippen LogP contribution in [0.1, 0.15) is 10.4 Å². The first-order chi connectivity index (χ1) is 11.2. The van der Waals surface area contributed by atoms with E-state index in [-0.39, 0.29) is 5.91 Å². The molecule has 1 aromatic heterocycles. The summed E-state index contributed by atoms with van der Waals surface area (Å²) in [5, 5.41) is 2.83. The van der Waals surface area contributed by atoms with Crippen LogP contribution in [0.2, 0.25) is 0 Å². The Hall–Kier alpha value is -3.15. The van der Waals surface area contributed by atoms with Gasteiger partial charge < -0.3 is 14.8 Å². The van der Waals surface area contributed by atoms with E-state index in [0.29, 0.717) is 28.3 Å². The molecule has 0 radical (unpaired) electrons. The lowest BCUT2D eigenvalue weighted by molar-refractivity contribution is 0.102. The minimum absolute atomic E-state index is 0.317. The van der Waals surface area contributed by atoms with E-state index >= 15 is 0 Å². The zero-order valence-electron chi connectivity index (χ0n) is 12.7. The highest BCUT2D eigenvalue weighted by Gasteiger charge is 2.18. The summed E-state index contributed by atoms with van der Waals surface area (Å²) < 4.78 is 10.5. The number of methoxy groups -OCH3 is 2. The molecule has 3 aromatic rings. The van der Waals surface area contributed by atoms with Crippen molar-refractivity contribution in [2.24, 2.45) is 0 Å². The molecule has 6 nitrogen and oxygen atoms in total. The molecule has 0 atom stereocenters. The fourth-order valence-electron chi connectivity index (χ4n) is 2.31. The molecule has 1 N–H and O–H groups in total. The molecule has 6 heteroatoms. The lowest BCUT2D eigenvalue weighted by Gasteiger charge is -2.13. The SMILES string of the molecule is COc1cccc(OC)c1C(=O)Nc1ccc2nccnc2c1. The van der Waals surface area contributed by atoms with Crippen molar-refractivity contribution in [3.8, 4) is 11.5 Å². The maximum Gasteiger partial charge on any atom is 0.263 e. The zero-order chi connectivity index (χ0) is 16.2. The summed E-state index contributed by atoms with van der Waals surface area (Å²) in [4.78, 5) is 21.0. The molecule has 0 aliphatic heterocycles. The van der Waals surface area contributed by atoms with Crippen molar-refractivity contribution in [2.45, 2.75) is 0 Å². The van der Waals surface area contributed by atoms with E-state index in [0.717, 1.165) is 5.52 Å². The molecular formula is C17H15N3O3. The van der Waals surface area contributed by atoms with Gasteiger partial charge in [0.15, 0.2) is 0 Å². The first-order valence-corrected chi connectivity index (χ1v) is 6.96. The number of aromatic nitrogens is 2. The van der Waals surface area contributed by atoms with E-state index in [2.05, 4.69) is 15.3 Å². The van der Waals surface area contributed by atoms with Crippen molar-refractivity contribution in [1.82, 2.24) is 9.97 Å². The second-order valence-corrected chi connectivity index (χ2v) is 4.75. The van der Waals surface area contributed by atoms with Crippen molar-refractivity contribution in [3.63, 3.8) is 0 Å². The van der Waals surface area contributed by atoms with Crippen LogP contribution in [-0.2, 0) is 0 Å². The molecule has 1 heterocycles. The predicted molar refractivity (Wildman–Crippen MR) is 87.0 cm³/mol. The molecule has 23 heavy (non-hydrogen) atoms. The lowest BCUT2D eigenvalue weighted by atomic mass is 10.1. The first kappa shape index (κ1) is 14.8. The number of anilines is 1. The van der Waals surface area contributed by atoms with Gasteiger partial charge in [-0.3, -0.25) is 14.8 Å². The highest BCUT2D eigenvalue weighted by atomic mass is 16.5. The Bertz CT molecular complexity index is 842. The highest BCUT2D eigenvalue weighted by Crippen LogP contribution is 2.29. The van der Waals surface area contributed by atoms with E-state index in [1.54, 1.807) is 48.8 Å². The molecule has 1 amide bonds. The molecule has 0 bridgehead atoms. The Kier molecular flexibility index (Phi) is 4.05. The Balaban J connectivity index is 1.94. The average molecular weight is 309 g/mol. The van der Waals surface area contributed by atoms with Crippen LogP contribution in [0.3, 0.4) is 0 Å².